The molecule has 0 spiro atoms. The number of carbonyl (C=O) groups is 4. The Hall–Kier alpha value is -5.46. The molecule has 1 aliphatic carbocycles. The SMILES string of the molecule is C[C@H]1C[C@@H](CC(=O)C2(O)CN(C(=O)OC(C)(C)C)C2)[C@H](O)[C@@H](O[C@@H]2O[C@H](CO)[C@@H](O[C@H]3O[C@H]4CCC(c5ccccc5)O[C@H]4[C@H](O)[C@H]3NC(=O)OCc3ccccc3)[C@H]2O)[C@@H]1O[C@H]1O[C@H](CNCCO)[C@@H](O)C[C@H]1NC(=O)OCc1ccccc1. The van der Waals surface area contributed by atoms with Gasteiger partial charge in [0.1, 0.15) is 61.5 Å². The van der Waals surface area contributed by atoms with Crippen molar-refractivity contribution in [2.75, 3.05) is 39.4 Å². The number of Topliss-reactive ketones (excluding diaryl/α,β-unsaturated/α-hetero) is 1. The summed E-state index contributed by atoms with van der Waals surface area (Å²) in [5.41, 5.74) is -0.525. The fourth-order valence-corrected chi connectivity index (χ4v) is 11.9. The van der Waals surface area contributed by atoms with Gasteiger partial charge in [-0.05, 0) is 68.6 Å². The Bertz CT molecular complexity index is 2640. The van der Waals surface area contributed by atoms with Crippen molar-refractivity contribution in [3.05, 3.63) is 108 Å². The Morgan fingerprint density at radius 1 is 0.682 bits per heavy atom. The lowest BCUT2D eigenvalue weighted by molar-refractivity contribution is -0.311. The van der Waals surface area contributed by atoms with Crippen LogP contribution in [-0.4, -0.2) is 213 Å². The molecular weight excluding hydrogens is 1110 g/mol. The predicted molar refractivity (Wildman–Crippen MR) is 296 cm³/mol. The van der Waals surface area contributed by atoms with Gasteiger partial charge in [-0.2, -0.15) is 0 Å². The minimum Gasteiger partial charge on any atom is -0.445 e. The maximum Gasteiger partial charge on any atom is 0.410 e. The normalized spacial score (nSPS) is 34.5. The molecule has 25 heteroatoms. The molecule has 10 N–H and O–H groups in total. The molecule has 19 atom stereocenters. The number of aliphatic hydroxyl groups excluding tert-OH is 6. The minimum absolute atomic E-state index is 0.0512. The molecular formula is C60H82N4O21. The summed E-state index contributed by atoms with van der Waals surface area (Å²) in [5, 5.41) is 88.7. The van der Waals surface area contributed by atoms with Crippen LogP contribution in [0.5, 0.6) is 0 Å². The lowest BCUT2D eigenvalue weighted by Gasteiger charge is -2.49. The van der Waals surface area contributed by atoms with Crippen LogP contribution in [0.3, 0.4) is 0 Å². The Labute approximate surface area is 493 Å². The highest BCUT2D eigenvalue weighted by Crippen LogP contribution is 2.43. The number of carbonyl (C=O) groups excluding carboxylic acids is 4. The van der Waals surface area contributed by atoms with Gasteiger partial charge in [-0.3, -0.25) is 4.79 Å². The molecule has 3 aromatic carbocycles. The number of benzene rings is 3. The number of nitrogens with one attached hydrogen (secondary N) is 3. The van der Waals surface area contributed by atoms with Gasteiger partial charge in [-0.25, -0.2) is 14.4 Å². The lowest BCUT2D eigenvalue weighted by atomic mass is 9.72. The molecule has 25 nitrogen and oxygen atoms in total. The highest BCUT2D eigenvalue weighted by Gasteiger charge is 2.58. The number of ketones is 1. The molecule has 6 fully saturated rings. The van der Waals surface area contributed by atoms with E-state index in [0.29, 0.717) is 24.0 Å². The van der Waals surface area contributed by atoms with E-state index in [4.69, 9.17) is 47.4 Å². The summed E-state index contributed by atoms with van der Waals surface area (Å²) in [5.74, 6) is -2.27. The summed E-state index contributed by atoms with van der Waals surface area (Å²) in [4.78, 5) is 55.1. The van der Waals surface area contributed by atoms with Crippen LogP contribution in [0.1, 0.15) is 82.6 Å². The van der Waals surface area contributed by atoms with Gasteiger partial charge in [-0.15, -0.1) is 0 Å². The molecule has 9 rings (SSSR count). The van der Waals surface area contributed by atoms with Crippen LogP contribution in [0.25, 0.3) is 0 Å². The first kappa shape index (κ1) is 64.0. The molecule has 1 saturated carbocycles. The maximum atomic E-state index is 14.1. The first-order valence-electron chi connectivity index (χ1n) is 29.2. The Balaban J connectivity index is 0.961. The van der Waals surface area contributed by atoms with Gasteiger partial charge >= 0.3 is 18.3 Å². The molecule has 5 aliphatic heterocycles. The summed E-state index contributed by atoms with van der Waals surface area (Å²) < 4.78 is 61.9. The van der Waals surface area contributed by atoms with Crippen LogP contribution in [0, 0.1) is 11.8 Å². The van der Waals surface area contributed by atoms with Crippen molar-refractivity contribution in [1.29, 1.82) is 0 Å². The van der Waals surface area contributed by atoms with Crippen LogP contribution in [-0.2, 0) is 65.4 Å². The fraction of sp³-hybridized carbons (Fsp3) is 0.633. The van der Waals surface area contributed by atoms with Gasteiger partial charge in [0.25, 0.3) is 0 Å². The smallest absolute Gasteiger partial charge is 0.410 e. The highest BCUT2D eigenvalue weighted by molar-refractivity contribution is 5.90. The first-order chi connectivity index (χ1) is 40.7. The largest absolute Gasteiger partial charge is 0.445 e. The van der Waals surface area contributed by atoms with Crippen molar-refractivity contribution in [3.8, 4) is 0 Å². The Morgan fingerprint density at radius 2 is 1.28 bits per heavy atom. The quantitative estimate of drug-likeness (QED) is 0.0537. The van der Waals surface area contributed by atoms with Crippen LogP contribution in [0.15, 0.2) is 91.0 Å². The van der Waals surface area contributed by atoms with Crippen molar-refractivity contribution >= 4 is 24.1 Å². The third-order valence-corrected chi connectivity index (χ3v) is 16.3. The molecule has 1 unspecified atom stereocenters. The van der Waals surface area contributed by atoms with E-state index in [9.17, 15) is 54.9 Å². The van der Waals surface area contributed by atoms with E-state index in [1.165, 1.54) is 4.90 Å². The van der Waals surface area contributed by atoms with Gasteiger partial charge in [0.05, 0.1) is 69.0 Å². The van der Waals surface area contributed by atoms with Gasteiger partial charge in [0.15, 0.2) is 30.3 Å². The molecule has 0 radical (unpaired) electrons. The third-order valence-electron chi connectivity index (χ3n) is 16.3. The number of ether oxygens (including phenoxy) is 10. The second-order valence-corrected chi connectivity index (χ2v) is 23.9. The molecule has 468 valence electrons. The number of rotatable bonds is 21. The molecule has 3 aromatic rings. The van der Waals surface area contributed by atoms with E-state index < -0.39 is 164 Å². The number of amides is 3. The van der Waals surface area contributed by atoms with Crippen molar-refractivity contribution in [1.82, 2.24) is 20.9 Å². The zero-order valence-electron chi connectivity index (χ0n) is 48.1. The zero-order chi connectivity index (χ0) is 60.6. The van der Waals surface area contributed by atoms with E-state index >= 15 is 0 Å². The topological polar surface area (TPSA) is 342 Å². The Kier molecular flexibility index (Phi) is 21.5. The number of likely N-dealkylation sites (tertiary alicyclic amines) is 1. The third kappa shape index (κ3) is 16.0. The van der Waals surface area contributed by atoms with E-state index in [-0.39, 0.29) is 58.8 Å². The van der Waals surface area contributed by atoms with Crippen LogP contribution in [0.2, 0.25) is 0 Å². The van der Waals surface area contributed by atoms with Gasteiger partial charge in [-0.1, -0.05) is 97.9 Å². The van der Waals surface area contributed by atoms with E-state index in [2.05, 4.69) is 16.0 Å². The van der Waals surface area contributed by atoms with E-state index in [0.717, 1.165) is 5.56 Å². The average Bonchev–Trinajstić information content (AvgIpc) is 1.91. The van der Waals surface area contributed by atoms with Crippen molar-refractivity contribution < 1.29 is 102 Å². The summed E-state index contributed by atoms with van der Waals surface area (Å²) in [6, 6.07) is 24.8. The van der Waals surface area contributed by atoms with Crippen LogP contribution < -0.4 is 16.0 Å². The van der Waals surface area contributed by atoms with E-state index in [1.54, 1.807) is 76.2 Å². The number of alkyl carbamates (subject to hydrolysis) is 2. The molecule has 5 heterocycles. The molecule has 3 amide bonds. The minimum atomic E-state index is -1.97. The maximum absolute atomic E-state index is 14.1. The van der Waals surface area contributed by atoms with Crippen molar-refractivity contribution in [2.24, 2.45) is 11.8 Å². The van der Waals surface area contributed by atoms with Gasteiger partial charge in [0.2, 0.25) is 0 Å². The monoisotopic (exact) mass is 1190 g/mol. The second-order valence-electron chi connectivity index (χ2n) is 23.9. The molecule has 85 heavy (non-hydrogen) atoms. The van der Waals surface area contributed by atoms with Crippen molar-refractivity contribution in [3.63, 3.8) is 0 Å². The lowest BCUT2D eigenvalue weighted by Crippen LogP contribution is -2.68. The second kappa shape index (κ2) is 28.6. The summed E-state index contributed by atoms with van der Waals surface area (Å²) >= 11 is 0. The van der Waals surface area contributed by atoms with Gasteiger partial charge in [0, 0.05) is 25.9 Å². The number of hydrogen-bond donors (Lipinski definition) is 10. The highest BCUT2D eigenvalue weighted by atomic mass is 16.8. The summed E-state index contributed by atoms with van der Waals surface area (Å²) in [7, 11) is 0. The number of fused-ring (bicyclic) bond motifs is 1. The van der Waals surface area contributed by atoms with Crippen LogP contribution >= 0.6 is 0 Å². The number of aliphatic hydroxyl groups is 7. The summed E-state index contributed by atoms with van der Waals surface area (Å²) in [6.07, 6.45) is -21.5. The average molecular weight is 1200 g/mol. The molecule has 0 aromatic heterocycles. The number of hydrogen-bond acceptors (Lipinski definition) is 22. The number of nitrogens with zero attached hydrogens (tertiary/aromatic N) is 1. The zero-order valence-corrected chi connectivity index (χ0v) is 48.1. The summed E-state index contributed by atoms with van der Waals surface area (Å²) in [6.45, 7) is 5.15. The van der Waals surface area contributed by atoms with E-state index in [1.807, 2.05) is 42.5 Å². The number of β-amino-alcohol motifs (C(OH)–C–C–N with tert-alkyl or cyclic N) is 1. The predicted octanol–water partition coefficient (Wildman–Crippen LogP) is 1.83. The van der Waals surface area contributed by atoms with Gasteiger partial charge < -0.3 is 104 Å². The first-order valence-corrected chi connectivity index (χ1v) is 29.2. The van der Waals surface area contributed by atoms with Crippen LogP contribution in [0.4, 0.5) is 14.4 Å². The standard InChI is InChI=1S/C60H82N4O21/c1-33-24-37(25-44(68)60(75)31-64(32-60)58(74)85-59(2,3)4)46(69)52(49(33)82-53-38(26-39(67)42(80-53)27-61-22-23-65)62-56(72)76-29-34-14-8-5-9-15-34)84-55-48(71)51(43(28-66)81-55)83-54-45(63-57(73)77-30-35-16-10-6-11-17-35)47(70)50-41(79-54)21-20-40(78-50)36-18-12-7-13-19-36/h5-19,33,37-43,45-55,61,65-67,69-71,75H,20-32H2,1-4H3,(H,62,72)(H,63,73)/t33-,37-,38+,39-,40?,41-,42+,43+,45+,46-,47+,48+,49+,50+,51+,52+,53+,54+,55-/m0/s1. The Morgan fingerprint density at radius 3 is 1.91 bits per heavy atom. The van der Waals surface area contributed by atoms with Crippen molar-refractivity contribution in [2.45, 2.75) is 188 Å². The molecule has 6 aliphatic rings. The molecule has 0 bridgehead atoms. The molecule has 5 saturated heterocycles. The fourth-order valence-electron chi connectivity index (χ4n) is 11.9.